The van der Waals surface area contributed by atoms with Crippen molar-refractivity contribution in [3.63, 3.8) is 0 Å². The lowest BCUT2D eigenvalue weighted by Gasteiger charge is -2.45. The summed E-state index contributed by atoms with van der Waals surface area (Å²) < 4.78 is 37.7. The van der Waals surface area contributed by atoms with E-state index in [1.54, 1.807) is 0 Å². The summed E-state index contributed by atoms with van der Waals surface area (Å²) in [7, 11) is -6.67. The smallest absolute Gasteiger partial charge is 0.261 e. The van der Waals surface area contributed by atoms with Gasteiger partial charge in [-0.05, 0) is 34.7 Å². The average Bonchev–Trinajstić information content (AvgIpc) is 3.20. The fourth-order valence-corrected chi connectivity index (χ4v) is 14.3. The molecule has 57 heavy (non-hydrogen) atoms. The van der Waals surface area contributed by atoms with Crippen LogP contribution < -0.4 is 15.1 Å². The van der Waals surface area contributed by atoms with E-state index in [-0.39, 0.29) is 17.4 Å². The molecule has 0 aliphatic heterocycles. The Morgan fingerprint density at radius 1 is 0.596 bits per heavy atom. The minimum atomic E-state index is -3.64. The van der Waals surface area contributed by atoms with Gasteiger partial charge in [0.1, 0.15) is 0 Å². The van der Waals surface area contributed by atoms with Gasteiger partial charge in [0.05, 0.1) is 24.5 Å². The number of hydrogen-bond donors (Lipinski definition) is 2. The summed E-state index contributed by atoms with van der Waals surface area (Å²) in [6, 6.07) is 20.2. The molecule has 0 aliphatic rings. The molecule has 2 aromatic carbocycles. The molecule has 0 bridgehead atoms. The van der Waals surface area contributed by atoms with Gasteiger partial charge in [0.25, 0.3) is 8.32 Å². The molecule has 0 heterocycles. The molecule has 0 saturated carbocycles. The van der Waals surface area contributed by atoms with Crippen molar-refractivity contribution in [2.24, 2.45) is 0 Å². The number of allylic oxidation sites excluding steroid dienone is 1. The molecule has 2 N–H and O–H groups in total. The molecule has 0 amide bonds. The normalized spacial score (nSPS) is 13.7. The highest BCUT2D eigenvalue weighted by molar-refractivity contribution is 7.89. The van der Waals surface area contributed by atoms with Crippen LogP contribution in [0.1, 0.15) is 202 Å². The summed E-state index contributed by atoms with van der Waals surface area (Å²) in [5, 5.41) is 12.9. The number of hydrogen-bond acceptors (Lipinski definition) is 4. The van der Waals surface area contributed by atoms with Gasteiger partial charge in [-0.1, -0.05) is 255 Å². The lowest BCUT2D eigenvalue weighted by atomic mass is 10.0. The van der Waals surface area contributed by atoms with Crippen molar-refractivity contribution in [1.82, 2.24) is 4.72 Å². The number of sulfonamides is 1. The number of aliphatic hydroxyl groups is 1. The molecule has 0 aliphatic carbocycles. The van der Waals surface area contributed by atoms with Crippen LogP contribution in [0.5, 0.6) is 0 Å². The number of benzene rings is 2. The summed E-state index contributed by atoms with van der Waals surface area (Å²) in [6.07, 6.45) is 35.9. The summed E-state index contributed by atoms with van der Waals surface area (Å²) >= 11 is 0. The van der Waals surface area contributed by atoms with E-state index < -0.39 is 30.5 Å². The van der Waals surface area contributed by atoms with Gasteiger partial charge in [-0.25, -0.2) is 13.1 Å². The maximum atomic E-state index is 13.6. The topological polar surface area (TPSA) is 75.6 Å². The van der Waals surface area contributed by atoms with E-state index in [0.29, 0.717) is 6.42 Å². The summed E-state index contributed by atoms with van der Waals surface area (Å²) in [4.78, 5) is 0. The zero-order valence-corrected chi connectivity index (χ0v) is 39.3. The molecule has 7 heteroatoms. The van der Waals surface area contributed by atoms with Crippen LogP contribution in [0.4, 0.5) is 0 Å². The van der Waals surface area contributed by atoms with Crippen LogP contribution in [-0.4, -0.2) is 46.3 Å². The van der Waals surface area contributed by atoms with Crippen molar-refractivity contribution in [1.29, 1.82) is 0 Å². The van der Waals surface area contributed by atoms with Crippen LogP contribution in [0.15, 0.2) is 72.8 Å². The molecule has 0 fully saturated rings. The van der Waals surface area contributed by atoms with Gasteiger partial charge >= 0.3 is 0 Å². The van der Waals surface area contributed by atoms with E-state index in [4.69, 9.17) is 4.43 Å². The van der Waals surface area contributed by atoms with Gasteiger partial charge in [-0.2, -0.15) is 0 Å². The van der Waals surface area contributed by atoms with Crippen molar-refractivity contribution < 1.29 is 18.0 Å². The maximum absolute atomic E-state index is 13.6. The molecule has 0 aromatic heterocycles. The van der Waals surface area contributed by atoms with Crippen LogP contribution in [-0.2, 0) is 14.4 Å². The molecule has 2 aromatic rings. The molecule has 0 unspecified atom stereocenters. The average molecular weight is 826 g/mol. The minimum absolute atomic E-state index is 0.0654. The number of aliphatic hydroxyl groups excluding tert-OH is 1. The third-order valence-electron chi connectivity index (χ3n) is 11.7. The zero-order valence-electron chi connectivity index (χ0n) is 37.5. The van der Waals surface area contributed by atoms with Crippen molar-refractivity contribution in [2.75, 3.05) is 12.4 Å². The Labute approximate surface area is 353 Å². The van der Waals surface area contributed by atoms with Gasteiger partial charge in [0, 0.05) is 0 Å². The van der Waals surface area contributed by atoms with Crippen molar-refractivity contribution in [3.05, 3.63) is 72.8 Å². The van der Waals surface area contributed by atoms with E-state index in [1.807, 2.05) is 18.2 Å². The Morgan fingerprint density at radius 3 is 1.33 bits per heavy atom. The third kappa shape index (κ3) is 21.4. The van der Waals surface area contributed by atoms with Gasteiger partial charge in [0.2, 0.25) is 10.0 Å². The quantitative estimate of drug-likeness (QED) is 0.0408. The van der Waals surface area contributed by atoms with Gasteiger partial charge in [-0.15, -0.1) is 0 Å². The Bertz CT molecular complexity index is 1320. The second-order valence-electron chi connectivity index (χ2n) is 17.8. The standard InChI is InChI=1S/C50H87NO4SSi/c1-6-8-10-12-14-16-18-20-22-24-26-28-30-38-44-56(53,54)51-48(45-52)49(43-37-29-27-25-23-21-19-17-15-13-11-9-7-2)55-57(50(3,4)5,46-39-33-31-34-40-46)47-41-35-32-36-42-47/h31-37,39-43,48-49,51-52H,6-30,38,44-45H2,1-5H3/b43-37+/t48-,49-/m0/s1. The Balaban J connectivity index is 2.07. The molecular formula is C50H87NO4SSi. The monoisotopic (exact) mass is 826 g/mol. The predicted octanol–water partition coefficient (Wildman–Crippen LogP) is 13.0. The summed E-state index contributed by atoms with van der Waals surface area (Å²) in [5.41, 5.74) is 0. The number of rotatable bonds is 36. The van der Waals surface area contributed by atoms with Crippen molar-refractivity contribution in [3.8, 4) is 0 Å². The Morgan fingerprint density at radius 2 is 0.965 bits per heavy atom. The van der Waals surface area contributed by atoms with Crippen molar-refractivity contribution >= 4 is 28.7 Å². The van der Waals surface area contributed by atoms with Crippen LogP contribution >= 0.6 is 0 Å². The fraction of sp³-hybridized carbons (Fsp3) is 0.720. The first-order chi connectivity index (χ1) is 27.6. The lowest BCUT2D eigenvalue weighted by molar-refractivity contribution is 0.144. The highest BCUT2D eigenvalue weighted by Crippen LogP contribution is 2.38. The zero-order chi connectivity index (χ0) is 41.5. The second kappa shape index (κ2) is 31.2. The molecule has 2 rings (SSSR count). The maximum Gasteiger partial charge on any atom is 0.261 e. The first-order valence-electron chi connectivity index (χ1n) is 23.7. The van der Waals surface area contributed by atoms with E-state index in [1.165, 1.54) is 135 Å². The van der Waals surface area contributed by atoms with Crippen LogP contribution in [0, 0.1) is 0 Å². The first-order valence-corrected chi connectivity index (χ1v) is 27.2. The highest BCUT2D eigenvalue weighted by Gasteiger charge is 2.52. The molecule has 5 nitrogen and oxygen atoms in total. The largest absolute Gasteiger partial charge is 0.399 e. The molecule has 2 atom stereocenters. The molecule has 0 saturated heterocycles. The Hall–Kier alpha value is -1.77. The van der Waals surface area contributed by atoms with E-state index in [0.717, 1.165) is 36.1 Å². The van der Waals surface area contributed by atoms with E-state index in [9.17, 15) is 13.5 Å². The number of unbranched alkanes of at least 4 members (excludes halogenated alkanes) is 24. The highest BCUT2D eigenvalue weighted by atomic mass is 32.2. The lowest BCUT2D eigenvalue weighted by Crippen LogP contribution is -2.69. The SMILES string of the molecule is CCCCCCCCCCCCC/C=C/[C@H](O[Si](c1ccccc1)(c1ccccc1)C(C)(C)C)[C@H](CO)NS(=O)(=O)CCCCCCCCCCCCCCCC. The molecular weight excluding hydrogens is 739 g/mol. The van der Waals surface area contributed by atoms with Gasteiger partial charge in [0.15, 0.2) is 0 Å². The second-order valence-corrected chi connectivity index (χ2v) is 23.9. The van der Waals surface area contributed by atoms with Crippen LogP contribution in [0.2, 0.25) is 5.04 Å². The molecule has 0 spiro atoms. The van der Waals surface area contributed by atoms with Crippen LogP contribution in [0.3, 0.4) is 0 Å². The third-order valence-corrected chi connectivity index (χ3v) is 18.2. The fourth-order valence-electron chi connectivity index (χ4n) is 8.29. The van der Waals surface area contributed by atoms with E-state index >= 15 is 0 Å². The Kier molecular flexibility index (Phi) is 28.1. The minimum Gasteiger partial charge on any atom is -0.399 e. The summed E-state index contributed by atoms with van der Waals surface area (Å²) in [5.74, 6) is 0.0654. The van der Waals surface area contributed by atoms with E-state index in [2.05, 4.69) is 93.9 Å². The van der Waals surface area contributed by atoms with Gasteiger partial charge < -0.3 is 9.53 Å². The molecule has 0 radical (unpaired) electrons. The summed E-state index contributed by atoms with van der Waals surface area (Å²) in [6.45, 7) is 10.9. The first kappa shape index (κ1) is 51.4. The predicted molar refractivity (Wildman–Crippen MR) is 251 cm³/mol. The molecule has 326 valence electrons. The van der Waals surface area contributed by atoms with Crippen LogP contribution in [0.25, 0.3) is 0 Å². The number of nitrogens with one attached hydrogen (secondary N) is 1. The van der Waals surface area contributed by atoms with Gasteiger partial charge in [-0.3, -0.25) is 0 Å². The van der Waals surface area contributed by atoms with Crippen molar-refractivity contribution in [2.45, 2.75) is 219 Å².